The van der Waals surface area contributed by atoms with Crippen molar-refractivity contribution in [3.05, 3.63) is 42.5 Å². The number of carbonyl (C=O) groups is 2. The van der Waals surface area contributed by atoms with Gasteiger partial charge in [0.15, 0.2) is 6.54 Å². The summed E-state index contributed by atoms with van der Waals surface area (Å²) >= 11 is 0. The van der Waals surface area contributed by atoms with Crippen molar-refractivity contribution >= 4 is 28.3 Å². The van der Waals surface area contributed by atoms with Crippen LogP contribution in [0.25, 0.3) is 10.8 Å². The lowest BCUT2D eigenvalue weighted by Gasteiger charge is -2.28. The van der Waals surface area contributed by atoms with Crippen LogP contribution in [-0.2, 0) is 14.3 Å². The molecule has 0 aliphatic carbocycles. The monoisotopic (exact) mass is 341 g/mol. The van der Waals surface area contributed by atoms with Gasteiger partial charge in [0.1, 0.15) is 5.92 Å². The van der Waals surface area contributed by atoms with Gasteiger partial charge in [-0.05, 0) is 42.7 Å². The Kier molecular flexibility index (Phi) is 5.66. The van der Waals surface area contributed by atoms with Gasteiger partial charge in [0, 0.05) is 5.69 Å². The summed E-state index contributed by atoms with van der Waals surface area (Å²) in [4.78, 5) is 25.4. The standard InChI is InChI=1S/C20H24N2O3/c1-2-25-20(24)17-8-5-11-22(13-17)14-19(23)21-18-10-9-15-6-3-4-7-16(15)12-18/h3-4,6-7,9-10,12,17H,2,5,8,11,13-14H2,1H3,(H,21,23)/p+1/t17-/m1/s1. The largest absolute Gasteiger partial charge is 0.466 e. The van der Waals surface area contributed by atoms with E-state index in [1.807, 2.05) is 49.4 Å². The minimum Gasteiger partial charge on any atom is -0.466 e. The Hall–Kier alpha value is -2.40. The fourth-order valence-electron chi connectivity index (χ4n) is 3.47. The number of rotatable bonds is 5. The minimum absolute atomic E-state index is 0.0187. The van der Waals surface area contributed by atoms with E-state index in [2.05, 4.69) is 5.32 Å². The van der Waals surface area contributed by atoms with Crippen LogP contribution in [0.4, 0.5) is 5.69 Å². The van der Waals surface area contributed by atoms with E-state index in [4.69, 9.17) is 4.74 Å². The number of ether oxygens (including phenoxy) is 1. The van der Waals surface area contributed by atoms with E-state index in [-0.39, 0.29) is 17.8 Å². The number of anilines is 1. The molecule has 0 radical (unpaired) electrons. The summed E-state index contributed by atoms with van der Waals surface area (Å²) in [6.45, 7) is 4.20. The minimum atomic E-state index is -0.130. The predicted octanol–water partition coefficient (Wildman–Crippen LogP) is 1.64. The van der Waals surface area contributed by atoms with Crippen LogP contribution in [0.2, 0.25) is 0 Å². The molecule has 0 aromatic heterocycles. The van der Waals surface area contributed by atoms with Crippen LogP contribution in [0.3, 0.4) is 0 Å². The zero-order valence-corrected chi connectivity index (χ0v) is 14.6. The smallest absolute Gasteiger partial charge is 0.314 e. The van der Waals surface area contributed by atoms with E-state index >= 15 is 0 Å². The van der Waals surface area contributed by atoms with Gasteiger partial charge in [-0.1, -0.05) is 30.3 Å². The van der Waals surface area contributed by atoms with E-state index in [1.54, 1.807) is 0 Å². The lowest BCUT2D eigenvalue weighted by atomic mass is 9.98. The van der Waals surface area contributed by atoms with Crippen molar-refractivity contribution in [1.82, 2.24) is 0 Å². The molecule has 1 heterocycles. The van der Waals surface area contributed by atoms with E-state index in [0.29, 0.717) is 19.7 Å². The molecular weight excluding hydrogens is 316 g/mol. The van der Waals surface area contributed by atoms with Crippen LogP contribution in [0.15, 0.2) is 42.5 Å². The summed E-state index contributed by atoms with van der Waals surface area (Å²) in [6, 6.07) is 14.0. The Morgan fingerprint density at radius 3 is 2.80 bits per heavy atom. The first-order valence-corrected chi connectivity index (χ1v) is 8.94. The molecule has 132 valence electrons. The number of fused-ring (bicyclic) bond motifs is 1. The van der Waals surface area contributed by atoms with Gasteiger partial charge in [0.2, 0.25) is 0 Å². The van der Waals surface area contributed by atoms with Crippen LogP contribution in [0.1, 0.15) is 19.8 Å². The molecule has 0 bridgehead atoms. The first-order valence-electron chi connectivity index (χ1n) is 8.94. The molecule has 1 unspecified atom stereocenters. The van der Waals surface area contributed by atoms with Gasteiger partial charge >= 0.3 is 5.97 Å². The number of amides is 1. The summed E-state index contributed by atoms with van der Waals surface area (Å²) in [5, 5.41) is 5.23. The third-order valence-electron chi connectivity index (χ3n) is 4.68. The fraction of sp³-hybridized carbons (Fsp3) is 0.400. The Bertz CT molecular complexity index is 759. The van der Waals surface area contributed by atoms with Crippen molar-refractivity contribution in [3.63, 3.8) is 0 Å². The summed E-state index contributed by atoms with van der Waals surface area (Å²) in [6.07, 6.45) is 1.80. The van der Waals surface area contributed by atoms with E-state index in [0.717, 1.165) is 40.7 Å². The van der Waals surface area contributed by atoms with Crippen molar-refractivity contribution in [2.75, 3.05) is 31.6 Å². The average molecular weight is 341 g/mol. The number of benzene rings is 2. The van der Waals surface area contributed by atoms with E-state index in [1.165, 1.54) is 0 Å². The first-order chi connectivity index (χ1) is 12.2. The highest BCUT2D eigenvalue weighted by Gasteiger charge is 2.30. The molecule has 0 saturated carbocycles. The quantitative estimate of drug-likeness (QED) is 0.813. The molecule has 5 nitrogen and oxygen atoms in total. The van der Waals surface area contributed by atoms with Crippen LogP contribution in [0.5, 0.6) is 0 Å². The molecule has 2 N–H and O–H groups in total. The number of nitrogens with one attached hydrogen (secondary N) is 2. The highest BCUT2D eigenvalue weighted by Crippen LogP contribution is 2.18. The van der Waals surface area contributed by atoms with Gasteiger partial charge in [-0.3, -0.25) is 9.59 Å². The second-order valence-electron chi connectivity index (χ2n) is 6.58. The van der Waals surface area contributed by atoms with Crippen molar-refractivity contribution in [3.8, 4) is 0 Å². The number of likely N-dealkylation sites (tertiary alicyclic amines) is 1. The van der Waals surface area contributed by atoms with Gasteiger partial charge in [-0.25, -0.2) is 0 Å². The van der Waals surface area contributed by atoms with Gasteiger partial charge < -0.3 is 15.0 Å². The van der Waals surface area contributed by atoms with Crippen LogP contribution in [-0.4, -0.2) is 38.1 Å². The van der Waals surface area contributed by atoms with Crippen molar-refractivity contribution in [1.29, 1.82) is 0 Å². The lowest BCUT2D eigenvalue weighted by Crippen LogP contribution is -3.14. The number of carbonyl (C=O) groups excluding carboxylic acids is 2. The number of esters is 1. The molecule has 1 fully saturated rings. The molecule has 1 saturated heterocycles. The third-order valence-corrected chi connectivity index (χ3v) is 4.68. The van der Waals surface area contributed by atoms with Gasteiger partial charge in [-0.15, -0.1) is 0 Å². The summed E-state index contributed by atoms with van der Waals surface area (Å²) in [7, 11) is 0. The molecule has 2 aromatic carbocycles. The molecule has 1 amide bonds. The zero-order valence-electron chi connectivity index (χ0n) is 14.6. The van der Waals surface area contributed by atoms with Crippen molar-refractivity contribution in [2.45, 2.75) is 19.8 Å². The second-order valence-corrected chi connectivity index (χ2v) is 6.58. The lowest BCUT2D eigenvalue weighted by molar-refractivity contribution is -0.899. The number of quaternary nitrogens is 1. The van der Waals surface area contributed by atoms with Gasteiger partial charge in [0.05, 0.1) is 19.7 Å². The molecule has 3 rings (SSSR count). The molecule has 1 aliphatic rings. The maximum atomic E-state index is 12.4. The SMILES string of the molecule is CCOC(=O)[C@@H]1CCC[NH+](CC(=O)Nc2ccc3ccccc3c2)C1. The predicted molar refractivity (Wildman–Crippen MR) is 97.5 cm³/mol. The maximum absolute atomic E-state index is 12.4. The topological polar surface area (TPSA) is 59.8 Å². The number of hydrogen-bond acceptors (Lipinski definition) is 3. The molecule has 2 aromatic rings. The Balaban J connectivity index is 1.57. The molecule has 1 aliphatic heterocycles. The van der Waals surface area contributed by atoms with Crippen LogP contribution >= 0.6 is 0 Å². The molecule has 0 spiro atoms. The maximum Gasteiger partial charge on any atom is 0.314 e. The highest BCUT2D eigenvalue weighted by atomic mass is 16.5. The second kappa shape index (κ2) is 8.12. The number of piperidine rings is 1. The molecular formula is C20H25N2O3+. The van der Waals surface area contributed by atoms with Gasteiger partial charge in [0.25, 0.3) is 5.91 Å². The van der Waals surface area contributed by atoms with E-state index < -0.39 is 0 Å². The Morgan fingerprint density at radius 1 is 1.20 bits per heavy atom. The average Bonchev–Trinajstić information content (AvgIpc) is 2.62. The number of hydrogen-bond donors (Lipinski definition) is 2. The van der Waals surface area contributed by atoms with Crippen molar-refractivity contribution < 1.29 is 19.2 Å². The molecule has 25 heavy (non-hydrogen) atoms. The zero-order chi connectivity index (χ0) is 17.6. The normalized spacial score (nSPS) is 20.2. The summed E-state index contributed by atoms with van der Waals surface area (Å²) in [5.41, 5.74) is 0.807. The fourth-order valence-corrected chi connectivity index (χ4v) is 3.47. The summed E-state index contributed by atoms with van der Waals surface area (Å²) in [5.74, 6) is -0.235. The van der Waals surface area contributed by atoms with Crippen LogP contribution in [0, 0.1) is 5.92 Å². The van der Waals surface area contributed by atoms with Gasteiger partial charge in [-0.2, -0.15) is 0 Å². The van der Waals surface area contributed by atoms with Crippen molar-refractivity contribution in [2.24, 2.45) is 5.92 Å². The van der Waals surface area contributed by atoms with E-state index in [9.17, 15) is 9.59 Å². The van der Waals surface area contributed by atoms with Crippen LogP contribution < -0.4 is 10.2 Å². The Labute approximate surface area is 148 Å². The summed E-state index contributed by atoms with van der Waals surface area (Å²) < 4.78 is 5.12. The first kappa shape index (κ1) is 17.4. The molecule has 5 heteroatoms. The third kappa shape index (κ3) is 4.57. The Morgan fingerprint density at radius 2 is 2.00 bits per heavy atom. The highest BCUT2D eigenvalue weighted by molar-refractivity contribution is 5.94. The molecule has 2 atom stereocenters.